The van der Waals surface area contributed by atoms with Crippen LogP contribution in [0.1, 0.15) is 54.4 Å². The fraction of sp³-hybridized carbons (Fsp3) is 0.842. The van der Waals surface area contributed by atoms with E-state index in [-0.39, 0.29) is 12.0 Å². The molecule has 0 saturated carbocycles. The molecule has 2 aliphatic rings. The number of carbonyl (C=O) groups excluding carboxylic acids is 3. The number of nitrogens with zero attached hydrogens (tertiary/aromatic N) is 3. The van der Waals surface area contributed by atoms with Gasteiger partial charge in [0.2, 0.25) is 5.91 Å². The fourth-order valence-electron chi connectivity index (χ4n) is 3.21. The second kappa shape index (κ2) is 7.94. The van der Waals surface area contributed by atoms with E-state index in [1.54, 1.807) is 9.80 Å². The first-order chi connectivity index (χ1) is 12.4. The van der Waals surface area contributed by atoms with Gasteiger partial charge in [-0.05, 0) is 54.4 Å². The number of rotatable bonds is 1. The van der Waals surface area contributed by atoms with Crippen molar-refractivity contribution in [3.63, 3.8) is 0 Å². The zero-order valence-corrected chi connectivity index (χ0v) is 17.4. The summed E-state index contributed by atoms with van der Waals surface area (Å²) in [6.45, 7) is 13.2. The third kappa shape index (κ3) is 6.01. The molecule has 0 aromatic rings. The minimum atomic E-state index is -0.591. The average Bonchev–Trinajstić information content (AvgIpc) is 3.01. The smallest absolute Gasteiger partial charge is 0.410 e. The van der Waals surface area contributed by atoms with Gasteiger partial charge >= 0.3 is 12.2 Å². The molecular weight excluding hydrogens is 350 g/mol. The van der Waals surface area contributed by atoms with Gasteiger partial charge in [-0.2, -0.15) is 0 Å². The molecule has 0 aromatic heterocycles. The molecule has 2 rings (SSSR count). The van der Waals surface area contributed by atoms with Gasteiger partial charge in [0.1, 0.15) is 17.2 Å². The van der Waals surface area contributed by atoms with Crippen LogP contribution >= 0.6 is 0 Å². The lowest BCUT2D eigenvalue weighted by Gasteiger charge is -2.37. The Labute approximate surface area is 161 Å². The standard InChI is InChI=1S/C19H33N3O5/c1-18(2,3)26-16(24)21-12-10-20(11-13-21)15(23)14-8-7-9-22(14)17(25)27-19(4,5)6/h14H,7-13H2,1-6H3. The van der Waals surface area contributed by atoms with E-state index in [0.29, 0.717) is 39.1 Å². The Bertz CT molecular complexity index is 571. The Kier molecular flexibility index (Phi) is 6.27. The zero-order chi connectivity index (χ0) is 20.4. The SMILES string of the molecule is CC(C)(C)OC(=O)N1CCN(C(=O)C2CCCN2C(=O)OC(C)(C)C)CC1. The molecule has 2 fully saturated rings. The predicted molar refractivity (Wildman–Crippen MR) is 100 cm³/mol. The fourth-order valence-corrected chi connectivity index (χ4v) is 3.21. The Morgan fingerprint density at radius 1 is 0.741 bits per heavy atom. The molecule has 2 saturated heterocycles. The van der Waals surface area contributed by atoms with Gasteiger partial charge in [0, 0.05) is 32.7 Å². The topological polar surface area (TPSA) is 79.4 Å². The van der Waals surface area contributed by atoms with E-state index >= 15 is 0 Å². The van der Waals surface area contributed by atoms with Crippen LogP contribution in [0.4, 0.5) is 9.59 Å². The molecule has 8 heteroatoms. The van der Waals surface area contributed by atoms with Crippen LogP contribution in [-0.2, 0) is 14.3 Å². The van der Waals surface area contributed by atoms with Gasteiger partial charge in [-0.15, -0.1) is 0 Å². The lowest BCUT2D eigenvalue weighted by Crippen LogP contribution is -2.56. The normalized spacial score (nSPS) is 21.3. The van der Waals surface area contributed by atoms with E-state index < -0.39 is 23.3 Å². The molecule has 8 nitrogen and oxygen atoms in total. The van der Waals surface area contributed by atoms with Gasteiger partial charge in [0.05, 0.1) is 0 Å². The maximum Gasteiger partial charge on any atom is 0.410 e. The summed E-state index contributed by atoms with van der Waals surface area (Å²) in [7, 11) is 0. The van der Waals surface area contributed by atoms with Crippen LogP contribution in [-0.4, -0.2) is 82.8 Å². The van der Waals surface area contributed by atoms with Gasteiger partial charge in [0.25, 0.3) is 0 Å². The number of ether oxygens (including phenoxy) is 2. The molecule has 1 unspecified atom stereocenters. The number of hydrogen-bond donors (Lipinski definition) is 0. The first kappa shape index (κ1) is 21.3. The molecule has 0 aliphatic carbocycles. The second-order valence-electron chi connectivity index (χ2n) is 9.12. The summed E-state index contributed by atoms with van der Waals surface area (Å²) in [5.74, 6) is -0.0674. The van der Waals surface area contributed by atoms with Gasteiger partial charge in [-0.3, -0.25) is 9.69 Å². The summed E-state index contributed by atoms with van der Waals surface area (Å²) in [6, 6.07) is -0.479. The quantitative estimate of drug-likeness (QED) is 0.695. The highest BCUT2D eigenvalue weighted by Gasteiger charge is 2.39. The van der Waals surface area contributed by atoms with E-state index in [4.69, 9.17) is 9.47 Å². The minimum Gasteiger partial charge on any atom is -0.444 e. The molecule has 154 valence electrons. The maximum absolute atomic E-state index is 12.9. The molecule has 27 heavy (non-hydrogen) atoms. The molecule has 3 amide bonds. The Morgan fingerprint density at radius 2 is 1.22 bits per heavy atom. The van der Waals surface area contributed by atoms with Crippen LogP contribution in [0.3, 0.4) is 0 Å². The number of likely N-dealkylation sites (tertiary alicyclic amines) is 1. The number of hydrogen-bond acceptors (Lipinski definition) is 5. The van der Waals surface area contributed by atoms with Gasteiger partial charge in [-0.25, -0.2) is 9.59 Å². The molecule has 2 aliphatic heterocycles. The molecular formula is C19H33N3O5. The van der Waals surface area contributed by atoms with Crippen molar-refractivity contribution >= 4 is 18.1 Å². The van der Waals surface area contributed by atoms with Crippen LogP contribution in [0.5, 0.6) is 0 Å². The van der Waals surface area contributed by atoms with Gasteiger partial charge < -0.3 is 19.3 Å². The summed E-state index contributed by atoms with van der Waals surface area (Å²) in [5, 5.41) is 0. The largest absolute Gasteiger partial charge is 0.444 e. The maximum atomic E-state index is 12.9. The summed E-state index contributed by atoms with van der Waals surface area (Å²) in [4.78, 5) is 42.4. The summed E-state index contributed by atoms with van der Waals surface area (Å²) in [5.41, 5.74) is -1.13. The van der Waals surface area contributed by atoms with Crippen LogP contribution in [0.15, 0.2) is 0 Å². The lowest BCUT2D eigenvalue weighted by atomic mass is 10.1. The van der Waals surface area contributed by atoms with Crippen molar-refractivity contribution < 1.29 is 23.9 Å². The highest BCUT2D eigenvalue weighted by molar-refractivity contribution is 5.86. The zero-order valence-electron chi connectivity index (χ0n) is 17.4. The number of piperazine rings is 1. The van der Waals surface area contributed by atoms with Crippen molar-refractivity contribution in [1.82, 2.24) is 14.7 Å². The van der Waals surface area contributed by atoms with Crippen molar-refractivity contribution in [2.24, 2.45) is 0 Å². The monoisotopic (exact) mass is 383 g/mol. The molecule has 0 spiro atoms. The predicted octanol–water partition coefficient (Wildman–Crippen LogP) is 2.47. The van der Waals surface area contributed by atoms with Crippen molar-refractivity contribution in [1.29, 1.82) is 0 Å². The van der Waals surface area contributed by atoms with E-state index in [0.717, 1.165) is 6.42 Å². The van der Waals surface area contributed by atoms with Gasteiger partial charge in [-0.1, -0.05) is 0 Å². The second-order valence-corrected chi connectivity index (χ2v) is 9.12. The first-order valence-corrected chi connectivity index (χ1v) is 9.64. The van der Waals surface area contributed by atoms with Crippen molar-refractivity contribution in [3.8, 4) is 0 Å². The molecule has 0 N–H and O–H groups in total. The third-order valence-electron chi connectivity index (χ3n) is 4.41. The minimum absolute atomic E-state index is 0.0674. The number of amides is 3. The number of carbonyl (C=O) groups is 3. The van der Waals surface area contributed by atoms with E-state index in [2.05, 4.69) is 0 Å². The van der Waals surface area contributed by atoms with Crippen molar-refractivity contribution in [2.75, 3.05) is 32.7 Å². The van der Waals surface area contributed by atoms with Crippen LogP contribution in [0, 0.1) is 0 Å². The Hall–Kier alpha value is -1.99. The lowest BCUT2D eigenvalue weighted by molar-refractivity contribution is -0.137. The third-order valence-corrected chi connectivity index (χ3v) is 4.41. The highest BCUT2D eigenvalue weighted by Crippen LogP contribution is 2.23. The molecule has 0 aromatic carbocycles. The van der Waals surface area contributed by atoms with Gasteiger partial charge in [0.15, 0.2) is 0 Å². The average molecular weight is 383 g/mol. The Balaban J connectivity index is 1.91. The van der Waals surface area contributed by atoms with Crippen molar-refractivity contribution in [2.45, 2.75) is 71.6 Å². The van der Waals surface area contributed by atoms with Crippen molar-refractivity contribution in [3.05, 3.63) is 0 Å². The Morgan fingerprint density at radius 3 is 1.74 bits per heavy atom. The first-order valence-electron chi connectivity index (χ1n) is 9.64. The summed E-state index contributed by atoms with van der Waals surface area (Å²) >= 11 is 0. The van der Waals surface area contributed by atoms with Crippen LogP contribution in [0.2, 0.25) is 0 Å². The molecule has 1 atom stereocenters. The molecule has 0 bridgehead atoms. The van der Waals surface area contributed by atoms with E-state index in [1.807, 2.05) is 41.5 Å². The van der Waals surface area contributed by atoms with E-state index in [1.165, 1.54) is 4.90 Å². The summed E-state index contributed by atoms with van der Waals surface area (Å²) < 4.78 is 10.8. The molecule has 0 radical (unpaired) electrons. The van der Waals surface area contributed by atoms with E-state index in [9.17, 15) is 14.4 Å². The molecule has 2 heterocycles. The van der Waals surface area contributed by atoms with Crippen LogP contribution < -0.4 is 0 Å². The summed E-state index contributed by atoms with van der Waals surface area (Å²) in [6.07, 6.45) is 0.634. The van der Waals surface area contributed by atoms with Crippen LogP contribution in [0.25, 0.3) is 0 Å². The highest BCUT2D eigenvalue weighted by atomic mass is 16.6.